The number of nitrogens with zero attached hydrogens (tertiary/aromatic N) is 2. The maximum Gasteiger partial charge on any atom is 0.253 e. The third-order valence-corrected chi connectivity index (χ3v) is 6.39. The number of amides is 1. The van der Waals surface area contributed by atoms with E-state index in [1.54, 1.807) is 19.1 Å². The average molecular weight is 402 g/mol. The topological polar surface area (TPSA) is 69.7 Å². The standard InChI is InChI=1S/C21H27N3O3S/c1-2-22-28(26,27)20-11-6-10-19(16-20)21(25)24-13-7-12-23(14-15-24)17-18-8-4-3-5-9-18/h3-6,8-11,16,22H,2,7,12-15,17H2,1H3. The minimum absolute atomic E-state index is 0.116. The van der Waals surface area contributed by atoms with Crippen molar-refractivity contribution in [2.24, 2.45) is 0 Å². The summed E-state index contributed by atoms with van der Waals surface area (Å²) in [5, 5.41) is 0. The third kappa shape index (κ3) is 5.19. The van der Waals surface area contributed by atoms with Gasteiger partial charge in [-0.25, -0.2) is 13.1 Å². The van der Waals surface area contributed by atoms with E-state index in [-0.39, 0.29) is 10.8 Å². The number of carbonyl (C=O) groups excluding carboxylic acids is 1. The minimum Gasteiger partial charge on any atom is -0.337 e. The van der Waals surface area contributed by atoms with Gasteiger partial charge in [-0.05, 0) is 30.2 Å². The molecule has 3 rings (SSSR count). The van der Waals surface area contributed by atoms with E-state index in [1.807, 2.05) is 23.1 Å². The highest BCUT2D eigenvalue weighted by Crippen LogP contribution is 2.15. The van der Waals surface area contributed by atoms with Crippen molar-refractivity contribution in [2.75, 3.05) is 32.7 Å². The molecular formula is C21H27N3O3S. The lowest BCUT2D eigenvalue weighted by molar-refractivity contribution is 0.0761. The summed E-state index contributed by atoms with van der Waals surface area (Å²) in [5.41, 5.74) is 1.68. The van der Waals surface area contributed by atoms with Gasteiger partial charge in [0, 0.05) is 44.8 Å². The molecule has 1 amide bonds. The highest BCUT2D eigenvalue weighted by atomic mass is 32.2. The van der Waals surface area contributed by atoms with Crippen molar-refractivity contribution in [2.45, 2.75) is 24.8 Å². The molecule has 2 aromatic rings. The van der Waals surface area contributed by atoms with Gasteiger partial charge in [0.25, 0.3) is 5.91 Å². The molecule has 0 aliphatic carbocycles. The van der Waals surface area contributed by atoms with Crippen LogP contribution in [0.25, 0.3) is 0 Å². The first-order valence-electron chi connectivity index (χ1n) is 9.65. The van der Waals surface area contributed by atoms with Crippen LogP contribution in [0.4, 0.5) is 0 Å². The van der Waals surface area contributed by atoms with Gasteiger partial charge < -0.3 is 4.90 Å². The smallest absolute Gasteiger partial charge is 0.253 e. The molecule has 0 aromatic heterocycles. The van der Waals surface area contributed by atoms with E-state index in [1.165, 1.54) is 17.7 Å². The van der Waals surface area contributed by atoms with Crippen LogP contribution in [0.2, 0.25) is 0 Å². The lowest BCUT2D eigenvalue weighted by Gasteiger charge is -2.22. The zero-order valence-electron chi connectivity index (χ0n) is 16.2. The van der Waals surface area contributed by atoms with Crippen LogP contribution in [0, 0.1) is 0 Å². The van der Waals surface area contributed by atoms with E-state index in [0.717, 1.165) is 26.1 Å². The van der Waals surface area contributed by atoms with Crippen LogP contribution in [0.3, 0.4) is 0 Å². The molecule has 1 heterocycles. The number of hydrogen-bond acceptors (Lipinski definition) is 4. The molecule has 1 aliphatic rings. The zero-order valence-corrected chi connectivity index (χ0v) is 17.0. The molecule has 150 valence electrons. The molecule has 2 aromatic carbocycles. The van der Waals surface area contributed by atoms with Crippen LogP contribution in [0.1, 0.15) is 29.3 Å². The predicted octanol–water partition coefficient (Wildman–Crippen LogP) is 2.33. The highest BCUT2D eigenvalue weighted by Gasteiger charge is 2.22. The normalized spacial score (nSPS) is 16.0. The minimum atomic E-state index is -3.58. The van der Waals surface area contributed by atoms with Crippen molar-refractivity contribution < 1.29 is 13.2 Å². The molecule has 6 nitrogen and oxygen atoms in total. The van der Waals surface area contributed by atoms with Gasteiger partial charge in [-0.15, -0.1) is 0 Å². The quantitative estimate of drug-likeness (QED) is 0.807. The highest BCUT2D eigenvalue weighted by molar-refractivity contribution is 7.89. The summed E-state index contributed by atoms with van der Waals surface area (Å²) >= 11 is 0. The number of hydrogen-bond donors (Lipinski definition) is 1. The van der Waals surface area contributed by atoms with Gasteiger partial charge in [0.15, 0.2) is 0 Å². The van der Waals surface area contributed by atoms with Crippen LogP contribution in [-0.4, -0.2) is 56.8 Å². The molecule has 1 saturated heterocycles. The van der Waals surface area contributed by atoms with Crippen molar-refractivity contribution in [3.63, 3.8) is 0 Å². The Labute approximate surface area is 167 Å². The molecule has 0 radical (unpaired) electrons. The first kappa shape index (κ1) is 20.5. The second kappa shape index (κ2) is 9.32. The first-order valence-corrected chi connectivity index (χ1v) is 11.1. The number of nitrogens with one attached hydrogen (secondary N) is 1. The molecular weight excluding hydrogens is 374 g/mol. The Bertz CT molecular complexity index is 900. The maximum atomic E-state index is 12.9. The lowest BCUT2D eigenvalue weighted by Crippen LogP contribution is -2.35. The fraction of sp³-hybridized carbons (Fsp3) is 0.381. The molecule has 1 N–H and O–H groups in total. The summed E-state index contributed by atoms with van der Waals surface area (Å²) in [6.07, 6.45) is 0.897. The van der Waals surface area contributed by atoms with Gasteiger partial charge >= 0.3 is 0 Å². The second-order valence-corrected chi connectivity index (χ2v) is 8.70. The van der Waals surface area contributed by atoms with Gasteiger partial charge in [-0.1, -0.05) is 43.3 Å². The van der Waals surface area contributed by atoms with Crippen LogP contribution >= 0.6 is 0 Å². The number of carbonyl (C=O) groups is 1. The van der Waals surface area contributed by atoms with Crippen molar-refractivity contribution in [1.82, 2.24) is 14.5 Å². The van der Waals surface area contributed by atoms with Crippen LogP contribution in [-0.2, 0) is 16.6 Å². The van der Waals surface area contributed by atoms with E-state index in [9.17, 15) is 13.2 Å². The van der Waals surface area contributed by atoms with E-state index < -0.39 is 10.0 Å². The Balaban J connectivity index is 1.66. The Morgan fingerprint density at radius 1 is 1.00 bits per heavy atom. The third-order valence-electron chi connectivity index (χ3n) is 4.85. The second-order valence-electron chi connectivity index (χ2n) is 6.94. The predicted molar refractivity (Wildman–Crippen MR) is 110 cm³/mol. The summed E-state index contributed by atoms with van der Waals surface area (Å²) in [6.45, 7) is 5.96. The fourth-order valence-electron chi connectivity index (χ4n) is 3.43. The van der Waals surface area contributed by atoms with E-state index in [2.05, 4.69) is 21.8 Å². The molecule has 28 heavy (non-hydrogen) atoms. The first-order chi connectivity index (χ1) is 13.5. The van der Waals surface area contributed by atoms with Crippen LogP contribution in [0.5, 0.6) is 0 Å². The molecule has 7 heteroatoms. The van der Waals surface area contributed by atoms with Crippen molar-refractivity contribution in [3.05, 3.63) is 65.7 Å². The van der Waals surface area contributed by atoms with Crippen molar-refractivity contribution >= 4 is 15.9 Å². The Hall–Kier alpha value is -2.22. The number of rotatable bonds is 6. The summed E-state index contributed by atoms with van der Waals surface area (Å²) in [7, 11) is -3.58. The largest absolute Gasteiger partial charge is 0.337 e. The Morgan fingerprint density at radius 2 is 1.79 bits per heavy atom. The van der Waals surface area contributed by atoms with Gasteiger partial charge in [0.05, 0.1) is 4.90 Å². The van der Waals surface area contributed by atoms with Gasteiger partial charge in [-0.2, -0.15) is 0 Å². The van der Waals surface area contributed by atoms with E-state index in [0.29, 0.717) is 25.2 Å². The SMILES string of the molecule is CCNS(=O)(=O)c1cccc(C(=O)N2CCCN(Cc3ccccc3)CC2)c1. The lowest BCUT2D eigenvalue weighted by atomic mass is 10.2. The summed E-state index contributed by atoms with van der Waals surface area (Å²) in [6, 6.07) is 16.6. The molecule has 1 aliphatic heterocycles. The molecule has 1 fully saturated rings. The number of benzene rings is 2. The van der Waals surface area contributed by atoms with Gasteiger partial charge in [0.1, 0.15) is 0 Å². The molecule has 0 saturated carbocycles. The van der Waals surface area contributed by atoms with Crippen molar-refractivity contribution in [1.29, 1.82) is 0 Å². The molecule has 0 bridgehead atoms. The molecule has 0 spiro atoms. The Kier molecular flexibility index (Phi) is 6.83. The van der Waals surface area contributed by atoms with Gasteiger partial charge in [0.2, 0.25) is 10.0 Å². The van der Waals surface area contributed by atoms with Gasteiger partial charge in [-0.3, -0.25) is 9.69 Å². The van der Waals surface area contributed by atoms with Crippen molar-refractivity contribution in [3.8, 4) is 0 Å². The summed E-state index contributed by atoms with van der Waals surface area (Å²) < 4.78 is 26.9. The maximum absolute atomic E-state index is 12.9. The molecule has 0 unspecified atom stereocenters. The van der Waals surface area contributed by atoms with E-state index >= 15 is 0 Å². The number of sulfonamides is 1. The molecule has 0 atom stereocenters. The summed E-state index contributed by atoms with van der Waals surface area (Å²) in [5.74, 6) is -0.116. The zero-order chi connectivity index (χ0) is 20.0. The average Bonchev–Trinajstić information content (AvgIpc) is 2.94. The Morgan fingerprint density at radius 3 is 2.54 bits per heavy atom. The summed E-state index contributed by atoms with van der Waals surface area (Å²) in [4.78, 5) is 17.3. The fourth-order valence-corrected chi connectivity index (χ4v) is 4.51. The monoisotopic (exact) mass is 401 g/mol. The van der Waals surface area contributed by atoms with E-state index in [4.69, 9.17) is 0 Å². The van der Waals surface area contributed by atoms with Crippen LogP contribution in [0.15, 0.2) is 59.5 Å². The van der Waals surface area contributed by atoms with Crippen LogP contribution < -0.4 is 4.72 Å².